The normalized spacial score (nSPS) is 11.3. The highest BCUT2D eigenvalue weighted by Gasteiger charge is 2.12. The third-order valence-corrected chi connectivity index (χ3v) is 5.92. The molecular formula is C27H30N2O. The van der Waals surface area contributed by atoms with Crippen molar-refractivity contribution in [1.29, 1.82) is 0 Å². The van der Waals surface area contributed by atoms with Crippen molar-refractivity contribution in [2.75, 3.05) is 20.2 Å². The molecule has 1 N–H and O–H groups in total. The standard InChI is InChI=1S/C27H30N2O/c1-4-29(19-21-8-6-5-7-9-21)17-16-25-20(2)28-27-15-12-23(18-26(25)27)22-10-13-24(30-3)14-11-22/h5-15,18,28H,4,16-17,19H2,1-3H3. The van der Waals surface area contributed by atoms with E-state index in [2.05, 4.69) is 84.4 Å². The van der Waals surface area contributed by atoms with E-state index in [1.807, 2.05) is 12.1 Å². The van der Waals surface area contributed by atoms with E-state index in [0.717, 1.165) is 31.8 Å². The zero-order chi connectivity index (χ0) is 20.9. The average molecular weight is 399 g/mol. The number of methoxy groups -OCH3 is 1. The van der Waals surface area contributed by atoms with Crippen LogP contribution >= 0.6 is 0 Å². The molecule has 0 aliphatic rings. The van der Waals surface area contributed by atoms with Crippen LogP contribution in [0.2, 0.25) is 0 Å². The third-order valence-electron chi connectivity index (χ3n) is 5.92. The predicted molar refractivity (Wildman–Crippen MR) is 126 cm³/mol. The van der Waals surface area contributed by atoms with E-state index in [9.17, 15) is 0 Å². The molecule has 154 valence electrons. The lowest BCUT2D eigenvalue weighted by atomic mass is 10.0. The first-order valence-corrected chi connectivity index (χ1v) is 10.7. The lowest BCUT2D eigenvalue weighted by molar-refractivity contribution is 0.284. The fourth-order valence-electron chi connectivity index (χ4n) is 4.13. The summed E-state index contributed by atoms with van der Waals surface area (Å²) in [5.74, 6) is 0.885. The van der Waals surface area contributed by atoms with Crippen molar-refractivity contribution in [1.82, 2.24) is 9.88 Å². The minimum atomic E-state index is 0.885. The second-order valence-corrected chi connectivity index (χ2v) is 7.82. The molecule has 3 nitrogen and oxygen atoms in total. The fraction of sp³-hybridized carbons (Fsp3) is 0.259. The summed E-state index contributed by atoms with van der Waals surface area (Å²) in [7, 11) is 1.70. The zero-order valence-electron chi connectivity index (χ0n) is 18.1. The second kappa shape index (κ2) is 9.19. The van der Waals surface area contributed by atoms with Crippen LogP contribution < -0.4 is 4.74 Å². The lowest BCUT2D eigenvalue weighted by Gasteiger charge is -2.20. The van der Waals surface area contributed by atoms with Crippen molar-refractivity contribution >= 4 is 10.9 Å². The molecule has 0 aliphatic carbocycles. The summed E-state index contributed by atoms with van der Waals surface area (Å²) >= 11 is 0. The molecule has 0 unspecified atom stereocenters. The van der Waals surface area contributed by atoms with Gasteiger partial charge < -0.3 is 9.72 Å². The van der Waals surface area contributed by atoms with E-state index in [0.29, 0.717) is 0 Å². The highest BCUT2D eigenvalue weighted by atomic mass is 16.5. The highest BCUT2D eigenvalue weighted by molar-refractivity contribution is 5.89. The van der Waals surface area contributed by atoms with Crippen molar-refractivity contribution in [2.24, 2.45) is 0 Å². The van der Waals surface area contributed by atoms with Crippen molar-refractivity contribution < 1.29 is 4.74 Å². The summed E-state index contributed by atoms with van der Waals surface area (Å²) in [6.45, 7) is 7.53. The fourth-order valence-corrected chi connectivity index (χ4v) is 4.13. The Hall–Kier alpha value is -3.04. The molecule has 0 radical (unpaired) electrons. The lowest BCUT2D eigenvalue weighted by Crippen LogP contribution is -2.25. The average Bonchev–Trinajstić information content (AvgIpc) is 3.11. The Morgan fingerprint density at radius 3 is 2.33 bits per heavy atom. The number of hydrogen-bond acceptors (Lipinski definition) is 2. The van der Waals surface area contributed by atoms with Crippen LogP contribution in [0.1, 0.15) is 23.7 Å². The first-order valence-electron chi connectivity index (χ1n) is 10.7. The molecule has 4 rings (SSSR count). The molecule has 3 heteroatoms. The number of rotatable bonds is 8. The van der Waals surface area contributed by atoms with Crippen LogP contribution in [-0.4, -0.2) is 30.1 Å². The quantitative estimate of drug-likeness (QED) is 0.382. The molecule has 0 amide bonds. The molecule has 0 spiro atoms. The number of aryl methyl sites for hydroxylation is 1. The van der Waals surface area contributed by atoms with Crippen molar-refractivity contribution in [3.63, 3.8) is 0 Å². The smallest absolute Gasteiger partial charge is 0.118 e. The number of aromatic amines is 1. The number of ether oxygens (including phenoxy) is 1. The van der Waals surface area contributed by atoms with Crippen molar-refractivity contribution in [3.8, 4) is 16.9 Å². The van der Waals surface area contributed by atoms with E-state index in [4.69, 9.17) is 4.74 Å². The third kappa shape index (κ3) is 4.42. The van der Waals surface area contributed by atoms with Crippen LogP contribution in [0.5, 0.6) is 5.75 Å². The molecular weight excluding hydrogens is 368 g/mol. The van der Waals surface area contributed by atoms with Gasteiger partial charge in [0.25, 0.3) is 0 Å². The minimum absolute atomic E-state index is 0.885. The largest absolute Gasteiger partial charge is 0.497 e. The Morgan fingerprint density at radius 2 is 1.63 bits per heavy atom. The summed E-state index contributed by atoms with van der Waals surface area (Å²) in [4.78, 5) is 6.09. The van der Waals surface area contributed by atoms with E-state index in [1.165, 1.54) is 38.9 Å². The molecule has 4 aromatic rings. The number of likely N-dealkylation sites (N-methyl/N-ethyl adjacent to an activating group) is 1. The number of fused-ring (bicyclic) bond motifs is 1. The maximum atomic E-state index is 5.30. The van der Waals surface area contributed by atoms with Gasteiger partial charge in [0.05, 0.1) is 7.11 Å². The van der Waals surface area contributed by atoms with Gasteiger partial charge in [0, 0.05) is 29.7 Å². The zero-order valence-corrected chi connectivity index (χ0v) is 18.1. The molecule has 3 aromatic carbocycles. The number of benzene rings is 3. The maximum Gasteiger partial charge on any atom is 0.118 e. The summed E-state index contributed by atoms with van der Waals surface area (Å²) < 4.78 is 5.30. The van der Waals surface area contributed by atoms with Gasteiger partial charge in [-0.05, 0) is 66.4 Å². The number of aromatic nitrogens is 1. The van der Waals surface area contributed by atoms with Gasteiger partial charge in [-0.2, -0.15) is 0 Å². The van der Waals surface area contributed by atoms with Crippen LogP contribution in [0, 0.1) is 6.92 Å². The van der Waals surface area contributed by atoms with Crippen LogP contribution in [0.15, 0.2) is 72.8 Å². The summed E-state index contributed by atoms with van der Waals surface area (Å²) in [6.07, 6.45) is 1.04. The molecule has 0 saturated heterocycles. The topological polar surface area (TPSA) is 28.3 Å². The number of nitrogens with one attached hydrogen (secondary N) is 1. The van der Waals surface area contributed by atoms with Crippen LogP contribution in [0.4, 0.5) is 0 Å². The number of hydrogen-bond donors (Lipinski definition) is 1. The Labute approximate surface area is 179 Å². The summed E-state index contributed by atoms with van der Waals surface area (Å²) in [5.41, 5.74) is 7.73. The van der Waals surface area contributed by atoms with Gasteiger partial charge in [0.15, 0.2) is 0 Å². The molecule has 0 saturated carbocycles. The Balaban J connectivity index is 1.56. The molecule has 0 atom stereocenters. The predicted octanol–water partition coefficient (Wildman–Crippen LogP) is 6.22. The van der Waals surface area contributed by atoms with Gasteiger partial charge in [-0.1, -0.05) is 55.5 Å². The van der Waals surface area contributed by atoms with Gasteiger partial charge in [0.2, 0.25) is 0 Å². The first kappa shape index (κ1) is 20.2. The molecule has 0 aliphatic heterocycles. The molecule has 1 aromatic heterocycles. The first-order chi connectivity index (χ1) is 14.7. The molecule has 0 bridgehead atoms. The Morgan fingerprint density at radius 1 is 0.900 bits per heavy atom. The van der Waals surface area contributed by atoms with Gasteiger partial charge in [0.1, 0.15) is 5.75 Å². The van der Waals surface area contributed by atoms with Crippen LogP contribution in [0.25, 0.3) is 22.0 Å². The minimum Gasteiger partial charge on any atom is -0.497 e. The Bertz CT molecular complexity index is 1100. The van der Waals surface area contributed by atoms with Gasteiger partial charge >= 0.3 is 0 Å². The SMILES string of the molecule is CCN(CCc1c(C)[nH]c2ccc(-c3ccc(OC)cc3)cc12)Cc1ccccc1. The Kier molecular flexibility index (Phi) is 6.20. The maximum absolute atomic E-state index is 5.30. The van der Waals surface area contributed by atoms with Crippen LogP contribution in [-0.2, 0) is 13.0 Å². The van der Waals surface area contributed by atoms with E-state index in [1.54, 1.807) is 7.11 Å². The highest BCUT2D eigenvalue weighted by Crippen LogP contribution is 2.29. The molecule has 0 fully saturated rings. The molecule has 1 heterocycles. The van der Waals surface area contributed by atoms with E-state index < -0.39 is 0 Å². The number of nitrogens with zero attached hydrogens (tertiary/aromatic N) is 1. The monoisotopic (exact) mass is 398 g/mol. The van der Waals surface area contributed by atoms with Gasteiger partial charge in [-0.15, -0.1) is 0 Å². The summed E-state index contributed by atoms with van der Waals surface area (Å²) in [5, 5.41) is 1.33. The van der Waals surface area contributed by atoms with Gasteiger partial charge in [-0.25, -0.2) is 0 Å². The van der Waals surface area contributed by atoms with Gasteiger partial charge in [-0.3, -0.25) is 4.90 Å². The summed E-state index contributed by atoms with van der Waals surface area (Å²) in [6, 6.07) is 25.7. The number of H-pyrrole nitrogens is 1. The van der Waals surface area contributed by atoms with Crippen molar-refractivity contribution in [2.45, 2.75) is 26.8 Å². The second-order valence-electron chi connectivity index (χ2n) is 7.82. The van der Waals surface area contributed by atoms with Crippen molar-refractivity contribution in [3.05, 3.63) is 89.6 Å². The molecule has 30 heavy (non-hydrogen) atoms. The van der Waals surface area contributed by atoms with E-state index >= 15 is 0 Å². The van der Waals surface area contributed by atoms with Crippen LogP contribution in [0.3, 0.4) is 0 Å². The van der Waals surface area contributed by atoms with E-state index in [-0.39, 0.29) is 0 Å².